The van der Waals surface area contributed by atoms with E-state index in [-0.39, 0.29) is 6.04 Å². The Hall–Kier alpha value is -2.41. The van der Waals surface area contributed by atoms with Crippen molar-refractivity contribution in [2.24, 2.45) is 4.99 Å². The van der Waals surface area contributed by atoms with Crippen LogP contribution in [0.15, 0.2) is 63.4 Å². The van der Waals surface area contributed by atoms with Crippen LogP contribution in [0.3, 0.4) is 0 Å². The summed E-state index contributed by atoms with van der Waals surface area (Å²) >= 11 is 8.04. The summed E-state index contributed by atoms with van der Waals surface area (Å²) in [5.41, 5.74) is 7.11. The number of aliphatic imine (C=N–C) groups is 1. The molecule has 2 aromatic carbocycles. The largest absolute Gasteiger partial charge is 0.272 e. The zero-order valence-electron chi connectivity index (χ0n) is 17.1. The lowest BCUT2D eigenvalue weighted by molar-refractivity contribution is 0.0621. The van der Waals surface area contributed by atoms with Gasteiger partial charge in [0.05, 0.1) is 17.5 Å². The predicted octanol–water partition coefficient (Wildman–Crippen LogP) is 5.10. The first-order valence-electron chi connectivity index (χ1n) is 9.77. The number of aromatic nitrogens is 2. The Bertz CT molecular complexity index is 1100. The molecule has 0 unspecified atom stereocenters. The van der Waals surface area contributed by atoms with Crippen LogP contribution in [0.25, 0.3) is 0 Å². The Morgan fingerprint density at radius 1 is 1.13 bits per heavy atom. The van der Waals surface area contributed by atoms with Gasteiger partial charge < -0.3 is 0 Å². The van der Waals surface area contributed by atoms with Crippen LogP contribution in [0.5, 0.6) is 0 Å². The first-order chi connectivity index (χ1) is 14.5. The predicted molar refractivity (Wildman–Crippen MR) is 121 cm³/mol. The zero-order chi connectivity index (χ0) is 21.1. The molecule has 1 aromatic heterocycles. The average molecular weight is 439 g/mol. The molecule has 0 saturated carbocycles. The Kier molecular flexibility index (Phi) is 6.37. The number of nitrogens with one attached hydrogen (secondary N) is 1. The van der Waals surface area contributed by atoms with Crippen molar-refractivity contribution >= 4 is 29.2 Å². The zero-order valence-corrected chi connectivity index (χ0v) is 18.7. The fourth-order valence-corrected chi connectivity index (χ4v) is 4.55. The van der Waals surface area contributed by atoms with Gasteiger partial charge in [0.25, 0.3) is 0 Å². The van der Waals surface area contributed by atoms with Gasteiger partial charge in [-0.15, -0.1) is 0 Å². The van der Waals surface area contributed by atoms with Gasteiger partial charge in [-0.25, -0.2) is 15.4 Å². The molecule has 154 valence electrons. The first-order valence-corrected chi connectivity index (χ1v) is 11.0. The molecule has 0 radical (unpaired) electrons. The summed E-state index contributed by atoms with van der Waals surface area (Å²) in [4.78, 5) is 21.6. The van der Waals surface area contributed by atoms with Gasteiger partial charge in [0.2, 0.25) is 0 Å². The van der Waals surface area contributed by atoms with Crippen LogP contribution >= 0.6 is 23.4 Å². The van der Waals surface area contributed by atoms with E-state index < -0.39 is 0 Å². The number of nitrogens with zero attached hydrogens (tertiary/aromatic N) is 3. The maximum absolute atomic E-state index is 6.42. The number of hydroxylamine groups is 1. The van der Waals surface area contributed by atoms with E-state index in [1.165, 1.54) is 5.56 Å². The van der Waals surface area contributed by atoms with Crippen LogP contribution in [0.4, 0.5) is 0 Å². The SMILES string of the molecule is Cc1cccc(Sc2cnc(C)nc2C2=N[C@H](Cc3ccc(C)cc3Cl)CON2)c1. The number of halogens is 1. The molecule has 0 fully saturated rings. The van der Waals surface area contributed by atoms with Gasteiger partial charge in [-0.1, -0.05) is 53.2 Å². The third-order valence-corrected chi connectivity index (χ3v) is 6.10. The molecule has 0 aliphatic carbocycles. The highest BCUT2D eigenvalue weighted by atomic mass is 35.5. The molecule has 1 N–H and O–H groups in total. The topological polar surface area (TPSA) is 59.4 Å². The Morgan fingerprint density at radius 2 is 1.97 bits per heavy atom. The molecule has 0 saturated heterocycles. The van der Waals surface area contributed by atoms with Crippen LogP contribution < -0.4 is 5.48 Å². The number of hydrogen-bond acceptors (Lipinski definition) is 6. The van der Waals surface area contributed by atoms with Crippen molar-refractivity contribution in [3.8, 4) is 0 Å². The molecule has 1 aliphatic rings. The minimum Gasteiger partial charge on any atom is -0.272 e. The van der Waals surface area contributed by atoms with E-state index in [1.807, 2.05) is 32.2 Å². The van der Waals surface area contributed by atoms with E-state index in [9.17, 15) is 0 Å². The summed E-state index contributed by atoms with van der Waals surface area (Å²) in [7, 11) is 0. The summed E-state index contributed by atoms with van der Waals surface area (Å²) in [6.45, 7) is 6.46. The van der Waals surface area contributed by atoms with E-state index in [2.05, 4.69) is 52.7 Å². The number of rotatable bonds is 5. The van der Waals surface area contributed by atoms with E-state index in [0.717, 1.165) is 31.6 Å². The van der Waals surface area contributed by atoms with Crippen molar-refractivity contribution in [1.29, 1.82) is 0 Å². The van der Waals surface area contributed by atoms with Gasteiger partial charge in [0.15, 0.2) is 5.84 Å². The van der Waals surface area contributed by atoms with Gasteiger partial charge in [-0.3, -0.25) is 9.83 Å². The molecule has 0 bridgehead atoms. The fourth-order valence-electron chi connectivity index (χ4n) is 3.25. The van der Waals surface area contributed by atoms with Crippen molar-refractivity contribution in [1.82, 2.24) is 15.4 Å². The number of amidine groups is 1. The molecule has 5 nitrogen and oxygen atoms in total. The maximum atomic E-state index is 6.42. The van der Waals surface area contributed by atoms with E-state index >= 15 is 0 Å². The fraction of sp³-hybridized carbons (Fsp3) is 0.261. The van der Waals surface area contributed by atoms with Crippen molar-refractivity contribution < 1.29 is 4.84 Å². The lowest BCUT2D eigenvalue weighted by Crippen LogP contribution is -2.37. The minimum atomic E-state index is -0.0476. The smallest absolute Gasteiger partial charge is 0.173 e. The van der Waals surface area contributed by atoms with Crippen LogP contribution in [0.2, 0.25) is 5.02 Å². The monoisotopic (exact) mass is 438 g/mol. The summed E-state index contributed by atoms with van der Waals surface area (Å²) in [6.07, 6.45) is 2.55. The van der Waals surface area contributed by atoms with Gasteiger partial charge in [-0.05, 0) is 56.5 Å². The molecular formula is C23H23ClN4OS. The standard InChI is InChI=1S/C23H23ClN4OS/c1-14-5-4-6-19(9-14)30-21-12-25-16(3)26-22(21)23-27-18(13-29-28-23)11-17-8-7-15(2)10-20(17)24/h4-10,12,18H,11,13H2,1-3H3,(H,27,28)/t18-/m1/s1. The Balaban J connectivity index is 1.62. The normalized spacial score (nSPS) is 16.1. The second-order valence-corrected chi connectivity index (χ2v) is 8.91. The second-order valence-electron chi connectivity index (χ2n) is 7.39. The summed E-state index contributed by atoms with van der Waals surface area (Å²) < 4.78 is 0. The highest BCUT2D eigenvalue weighted by Crippen LogP contribution is 2.30. The van der Waals surface area contributed by atoms with Gasteiger partial charge in [-0.2, -0.15) is 0 Å². The molecular weight excluding hydrogens is 416 g/mol. The molecule has 1 aliphatic heterocycles. The summed E-state index contributed by atoms with van der Waals surface area (Å²) in [5.74, 6) is 1.31. The highest BCUT2D eigenvalue weighted by molar-refractivity contribution is 7.99. The van der Waals surface area contributed by atoms with Crippen molar-refractivity contribution in [3.63, 3.8) is 0 Å². The maximum Gasteiger partial charge on any atom is 0.173 e. The third kappa shape index (κ3) is 5.01. The van der Waals surface area contributed by atoms with Crippen LogP contribution in [-0.4, -0.2) is 28.5 Å². The van der Waals surface area contributed by atoms with Crippen molar-refractivity contribution in [2.45, 2.75) is 43.0 Å². The molecule has 7 heteroatoms. The quantitative estimate of drug-likeness (QED) is 0.600. The molecule has 4 rings (SSSR count). The summed E-state index contributed by atoms with van der Waals surface area (Å²) in [6, 6.07) is 14.4. The summed E-state index contributed by atoms with van der Waals surface area (Å²) in [5, 5.41) is 0.763. The molecule has 3 aromatic rings. The molecule has 30 heavy (non-hydrogen) atoms. The molecule has 0 spiro atoms. The highest BCUT2D eigenvalue weighted by Gasteiger charge is 2.22. The van der Waals surface area contributed by atoms with Crippen molar-refractivity contribution in [2.75, 3.05) is 6.61 Å². The lowest BCUT2D eigenvalue weighted by Gasteiger charge is -2.23. The number of aryl methyl sites for hydroxylation is 3. The lowest BCUT2D eigenvalue weighted by atomic mass is 10.0. The molecule has 1 atom stereocenters. The number of hydrogen-bond donors (Lipinski definition) is 1. The van der Waals surface area contributed by atoms with Gasteiger partial charge in [0.1, 0.15) is 11.5 Å². The average Bonchev–Trinajstić information content (AvgIpc) is 2.72. The molecule has 2 heterocycles. The first kappa shape index (κ1) is 20.8. The Morgan fingerprint density at radius 3 is 2.77 bits per heavy atom. The third-order valence-electron chi connectivity index (χ3n) is 4.74. The van der Waals surface area contributed by atoms with E-state index in [1.54, 1.807) is 11.8 Å². The van der Waals surface area contributed by atoms with Crippen LogP contribution in [0, 0.1) is 20.8 Å². The minimum absolute atomic E-state index is 0.0476. The van der Waals surface area contributed by atoms with E-state index in [0.29, 0.717) is 24.7 Å². The van der Waals surface area contributed by atoms with Gasteiger partial charge >= 0.3 is 0 Å². The van der Waals surface area contributed by atoms with Gasteiger partial charge in [0, 0.05) is 16.1 Å². The van der Waals surface area contributed by atoms with E-state index in [4.69, 9.17) is 21.4 Å². The van der Waals surface area contributed by atoms with Crippen LogP contribution in [-0.2, 0) is 11.3 Å². The number of benzene rings is 2. The Labute approximate surface area is 185 Å². The van der Waals surface area contributed by atoms with Crippen molar-refractivity contribution in [3.05, 3.63) is 81.9 Å². The van der Waals surface area contributed by atoms with Crippen LogP contribution in [0.1, 0.15) is 28.2 Å². The molecule has 0 amide bonds. The second kappa shape index (κ2) is 9.16.